The molecule has 0 aromatic heterocycles. The molecular formula is C15H20ClNO4S2. The monoisotopic (exact) mass is 377 g/mol. The number of nitrogens with zero attached hydrogens (tertiary/aromatic N) is 1. The largest absolute Gasteiger partial charge is 0.245 e. The van der Waals surface area contributed by atoms with Gasteiger partial charge in [0.15, 0.2) is 9.84 Å². The number of halogens is 1. The molecule has 128 valence electrons. The summed E-state index contributed by atoms with van der Waals surface area (Å²) in [4.78, 5) is -0.122. The molecular weight excluding hydrogens is 358 g/mol. The summed E-state index contributed by atoms with van der Waals surface area (Å²) in [5, 5.41) is 0.0704. The number of sulfonamides is 1. The number of hydrogen-bond acceptors (Lipinski definition) is 4. The lowest BCUT2D eigenvalue weighted by molar-refractivity contribution is 0.314. The molecule has 2 aliphatic carbocycles. The summed E-state index contributed by atoms with van der Waals surface area (Å²) in [6.45, 7) is 0. The molecule has 0 aliphatic heterocycles. The van der Waals surface area contributed by atoms with E-state index >= 15 is 0 Å². The van der Waals surface area contributed by atoms with Crippen molar-refractivity contribution >= 4 is 31.5 Å². The maximum Gasteiger partial charge on any atom is 0.245 e. The fourth-order valence-corrected chi connectivity index (χ4v) is 6.36. The van der Waals surface area contributed by atoms with Crippen LogP contribution < -0.4 is 0 Å². The fourth-order valence-electron chi connectivity index (χ4n) is 3.20. The van der Waals surface area contributed by atoms with Gasteiger partial charge in [-0.1, -0.05) is 24.4 Å². The number of sulfone groups is 1. The second-order valence-corrected chi connectivity index (χ2v) is 10.6. The van der Waals surface area contributed by atoms with Crippen LogP contribution in [-0.4, -0.2) is 39.5 Å². The minimum atomic E-state index is -3.80. The van der Waals surface area contributed by atoms with E-state index in [1.54, 1.807) is 4.31 Å². The zero-order valence-electron chi connectivity index (χ0n) is 12.9. The molecule has 0 unspecified atom stereocenters. The standard InChI is InChI=1S/C15H20ClNO4S2/c1-22(18,19)13-8-9-14(16)15(10-13)23(20,21)17(12-6-7-12)11-4-2-3-5-11/h8-12H,2-7H2,1H3. The Morgan fingerprint density at radius 3 is 2.09 bits per heavy atom. The number of hydrogen-bond donors (Lipinski definition) is 0. The fraction of sp³-hybridized carbons (Fsp3) is 0.600. The quantitative estimate of drug-likeness (QED) is 0.791. The molecule has 5 nitrogen and oxygen atoms in total. The van der Waals surface area contributed by atoms with Crippen LogP contribution in [0.15, 0.2) is 28.0 Å². The van der Waals surface area contributed by atoms with Gasteiger partial charge in [0, 0.05) is 18.3 Å². The highest BCUT2D eigenvalue weighted by molar-refractivity contribution is 7.91. The van der Waals surface area contributed by atoms with E-state index in [9.17, 15) is 16.8 Å². The van der Waals surface area contributed by atoms with Crippen molar-refractivity contribution in [1.29, 1.82) is 0 Å². The predicted octanol–water partition coefficient (Wildman–Crippen LogP) is 2.84. The maximum absolute atomic E-state index is 13.1. The van der Waals surface area contributed by atoms with Crippen molar-refractivity contribution in [2.75, 3.05) is 6.26 Å². The molecule has 0 N–H and O–H groups in total. The molecule has 2 saturated carbocycles. The Morgan fingerprint density at radius 2 is 1.57 bits per heavy atom. The first kappa shape index (κ1) is 17.2. The molecule has 8 heteroatoms. The van der Waals surface area contributed by atoms with Gasteiger partial charge in [0.05, 0.1) is 9.92 Å². The van der Waals surface area contributed by atoms with Gasteiger partial charge in [0.1, 0.15) is 4.90 Å². The average molecular weight is 378 g/mol. The Labute approximate surface area is 142 Å². The SMILES string of the molecule is CS(=O)(=O)c1ccc(Cl)c(S(=O)(=O)N(C2CCCC2)C2CC2)c1. The summed E-state index contributed by atoms with van der Waals surface area (Å²) in [5.41, 5.74) is 0. The molecule has 3 rings (SSSR count). The van der Waals surface area contributed by atoms with Crippen molar-refractivity contribution in [1.82, 2.24) is 4.31 Å². The topological polar surface area (TPSA) is 71.5 Å². The van der Waals surface area contributed by atoms with E-state index in [-0.39, 0.29) is 26.9 Å². The third-order valence-electron chi connectivity index (χ3n) is 4.48. The molecule has 0 amide bonds. The third kappa shape index (κ3) is 3.43. The van der Waals surface area contributed by atoms with Crippen LogP contribution in [0.4, 0.5) is 0 Å². The van der Waals surface area contributed by atoms with Crippen LogP contribution in [0.3, 0.4) is 0 Å². The van der Waals surface area contributed by atoms with Gasteiger partial charge in [-0.15, -0.1) is 0 Å². The first-order valence-electron chi connectivity index (χ1n) is 7.74. The lowest BCUT2D eigenvalue weighted by atomic mass is 10.2. The van der Waals surface area contributed by atoms with Crippen LogP contribution in [0.2, 0.25) is 5.02 Å². The van der Waals surface area contributed by atoms with Gasteiger partial charge < -0.3 is 0 Å². The van der Waals surface area contributed by atoms with E-state index in [1.807, 2.05) is 0 Å². The Bertz CT molecular complexity index is 810. The molecule has 0 spiro atoms. The molecule has 2 fully saturated rings. The Balaban J connectivity index is 2.07. The molecule has 1 aromatic carbocycles. The van der Waals surface area contributed by atoms with Gasteiger partial charge in [0.2, 0.25) is 10.0 Å². The van der Waals surface area contributed by atoms with Crippen molar-refractivity contribution in [3.63, 3.8) is 0 Å². The first-order valence-corrected chi connectivity index (χ1v) is 11.5. The number of benzene rings is 1. The summed E-state index contributed by atoms with van der Waals surface area (Å²) in [6.07, 6.45) is 6.56. The van der Waals surface area contributed by atoms with E-state index in [1.165, 1.54) is 18.2 Å². The highest BCUT2D eigenvalue weighted by atomic mass is 35.5. The zero-order chi connectivity index (χ0) is 16.8. The summed E-state index contributed by atoms with van der Waals surface area (Å²) in [7, 11) is -7.29. The smallest absolute Gasteiger partial charge is 0.224 e. The van der Waals surface area contributed by atoms with Crippen molar-refractivity contribution in [3.8, 4) is 0 Å². The number of rotatable bonds is 5. The Hall–Kier alpha value is -0.630. The normalized spacial score (nSPS) is 20.3. The molecule has 0 heterocycles. The van der Waals surface area contributed by atoms with E-state index in [0.717, 1.165) is 44.8 Å². The van der Waals surface area contributed by atoms with Crippen molar-refractivity contribution in [2.24, 2.45) is 0 Å². The van der Waals surface area contributed by atoms with Crippen LogP contribution in [0, 0.1) is 0 Å². The lowest BCUT2D eigenvalue weighted by Gasteiger charge is -2.28. The molecule has 0 saturated heterocycles. The van der Waals surface area contributed by atoms with Gasteiger partial charge >= 0.3 is 0 Å². The van der Waals surface area contributed by atoms with E-state index in [0.29, 0.717) is 0 Å². The lowest BCUT2D eigenvalue weighted by Crippen LogP contribution is -2.40. The Kier molecular flexibility index (Phi) is 4.50. The maximum atomic E-state index is 13.1. The molecule has 0 atom stereocenters. The molecule has 0 radical (unpaired) electrons. The van der Waals surface area contributed by atoms with Crippen LogP contribution in [0.25, 0.3) is 0 Å². The van der Waals surface area contributed by atoms with Crippen LogP contribution >= 0.6 is 11.6 Å². The van der Waals surface area contributed by atoms with Gasteiger partial charge in [-0.2, -0.15) is 4.31 Å². The minimum absolute atomic E-state index is 0.00505. The van der Waals surface area contributed by atoms with Crippen molar-refractivity contribution in [2.45, 2.75) is 60.4 Å². The molecule has 0 bridgehead atoms. The van der Waals surface area contributed by atoms with Crippen LogP contribution in [0.5, 0.6) is 0 Å². The molecule has 1 aromatic rings. The Morgan fingerprint density at radius 1 is 1.00 bits per heavy atom. The van der Waals surface area contributed by atoms with Crippen LogP contribution in [-0.2, 0) is 19.9 Å². The summed E-state index contributed by atoms with van der Waals surface area (Å²) in [5.74, 6) is 0. The highest BCUT2D eigenvalue weighted by Crippen LogP contribution is 2.40. The van der Waals surface area contributed by atoms with Gasteiger partial charge in [-0.3, -0.25) is 0 Å². The first-order chi connectivity index (χ1) is 10.7. The second kappa shape index (κ2) is 6.02. The second-order valence-electron chi connectivity index (χ2n) is 6.37. The predicted molar refractivity (Wildman–Crippen MR) is 88.9 cm³/mol. The highest BCUT2D eigenvalue weighted by Gasteiger charge is 2.44. The van der Waals surface area contributed by atoms with Crippen molar-refractivity contribution < 1.29 is 16.8 Å². The zero-order valence-corrected chi connectivity index (χ0v) is 15.3. The molecule has 23 heavy (non-hydrogen) atoms. The van der Waals surface area contributed by atoms with Crippen LogP contribution in [0.1, 0.15) is 38.5 Å². The summed E-state index contributed by atoms with van der Waals surface area (Å²) < 4.78 is 51.4. The summed E-state index contributed by atoms with van der Waals surface area (Å²) >= 11 is 6.11. The third-order valence-corrected chi connectivity index (χ3v) is 8.07. The van der Waals surface area contributed by atoms with E-state index in [4.69, 9.17) is 11.6 Å². The average Bonchev–Trinajstić information content (AvgIpc) is 3.11. The van der Waals surface area contributed by atoms with E-state index < -0.39 is 19.9 Å². The van der Waals surface area contributed by atoms with Gasteiger partial charge in [-0.25, -0.2) is 16.8 Å². The molecule has 2 aliphatic rings. The minimum Gasteiger partial charge on any atom is -0.224 e. The van der Waals surface area contributed by atoms with Gasteiger partial charge in [-0.05, 0) is 43.9 Å². The van der Waals surface area contributed by atoms with E-state index in [2.05, 4.69) is 0 Å². The van der Waals surface area contributed by atoms with Gasteiger partial charge in [0.25, 0.3) is 0 Å². The summed E-state index contributed by atoms with van der Waals surface area (Å²) in [6, 6.07) is 3.92. The van der Waals surface area contributed by atoms with Crippen molar-refractivity contribution in [3.05, 3.63) is 23.2 Å².